The molecule has 2 rings (SSSR count). The van der Waals surface area contributed by atoms with E-state index in [1.54, 1.807) is 6.07 Å². The standard InChI is InChI=1S/C14H19ClFN/c1-2-3-6-17(13-4-5-13)14-8-11(10-15)7-12(16)9-14/h7-9,13H,2-6,10H2,1H3. The molecular weight excluding hydrogens is 237 g/mol. The number of anilines is 1. The summed E-state index contributed by atoms with van der Waals surface area (Å²) < 4.78 is 13.5. The zero-order valence-corrected chi connectivity index (χ0v) is 11.0. The quantitative estimate of drug-likeness (QED) is 0.684. The van der Waals surface area contributed by atoms with E-state index in [0.717, 1.165) is 24.2 Å². The predicted octanol–water partition coefficient (Wildman–Crippen LogP) is 4.33. The third-order valence-electron chi connectivity index (χ3n) is 3.17. The van der Waals surface area contributed by atoms with Gasteiger partial charge in [-0.25, -0.2) is 4.39 Å². The minimum Gasteiger partial charge on any atom is -0.368 e. The van der Waals surface area contributed by atoms with Gasteiger partial charge >= 0.3 is 0 Å². The van der Waals surface area contributed by atoms with Crippen molar-refractivity contribution in [1.82, 2.24) is 0 Å². The topological polar surface area (TPSA) is 3.24 Å². The van der Waals surface area contributed by atoms with Crippen LogP contribution in [0.25, 0.3) is 0 Å². The Morgan fingerprint density at radius 1 is 1.35 bits per heavy atom. The molecule has 1 aromatic carbocycles. The van der Waals surface area contributed by atoms with E-state index in [9.17, 15) is 4.39 Å². The Kier molecular flexibility index (Phi) is 4.27. The fraction of sp³-hybridized carbons (Fsp3) is 0.571. The van der Waals surface area contributed by atoms with Crippen molar-refractivity contribution in [2.75, 3.05) is 11.4 Å². The molecule has 1 saturated carbocycles. The lowest BCUT2D eigenvalue weighted by Crippen LogP contribution is -2.26. The first-order chi connectivity index (χ1) is 8.24. The molecule has 94 valence electrons. The van der Waals surface area contributed by atoms with Crippen LogP contribution in [-0.2, 0) is 5.88 Å². The van der Waals surface area contributed by atoms with Gasteiger partial charge in [0.2, 0.25) is 0 Å². The lowest BCUT2D eigenvalue weighted by Gasteiger charge is -2.25. The van der Waals surface area contributed by atoms with Gasteiger partial charge in [-0.1, -0.05) is 13.3 Å². The minimum atomic E-state index is -0.180. The summed E-state index contributed by atoms with van der Waals surface area (Å²) in [4.78, 5) is 2.34. The summed E-state index contributed by atoms with van der Waals surface area (Å²) in [5.41, 5.74) is 1.86. The summed E-state index contributed by atoms with van der Waals surface area (Å²) in [6, 6.07) is 5.78. The van der Waals surface area contributed by atoms with E-state index in [4.69, 9.17) is 11.6 Å². The molecule has 1 nitrogen and oxygen atoms in total. The number of unbranched alkanes of at least 4 members (excludes halogenated alkanes) is 1. The Morgan fingerprint density at radius 2 is 2.12 bits per heavy atom. The highest BCUT2D eigenvalue weighted by atomic mass is 35.5. The molecule has 0 N–H and O–H groups in total. The number of hydrogen-bond donors (Lipinski definition) is 0. The molecule has 1 aliphatic carbocycles. The molecule has 1 fully saturated rings. The first kappa shape index (κ1) is 12.7. The van der Waals surface area contributed by atoms with E-state index in [2.05, 4.69) is 11.8 Å². The molecule has 0 atom stereocenters. The van der Waals surface area contributed by atoms with E-state index in [0.29, 0.717) is 11.9 Å². The lowest BCUT2D eigenvalue weighted by molar-refractivity contribution is 0.623. The summed E-state index contributed by atoms with van der Waals surface area (Å²) in [5.74, 6) is 0.192. The number of alkyl halides is 1. The summed E-state index contributed by atoms with van der Waals surface area (Å²) in [6.45, 7) is 3.20. The van der Waals surface area contributed by atoms with Gasteiger partial charge in [-0.2, -0.15) is 0 Å². The molecule has 0 unspecified atom stereocenters. The Morgan fingerprint density at radius 3 is 2.71 bits per heavy atom. The van der Waals surface area contributed by atoms with Gasteiger partial charge in [0, 0.05) is 24.2 Å². The Bertz CT molecular complexity index is 376. The van der Waals surface area contributed by atoms with Crippen molar-refractivity contribution >= 4 is 17.3 Å². The SMILES string of the molecule is CCCCN(c1cc(F)cc(CCl)c1)C1CC1. The van der Waals surface area contributed by atoms with Crippen LogP contribution in [-0.4, -0.2) is 12.6 Å². The third kappa shape index (κ3) is 3.35. The molecule has 0 spiro atoms. The normalized spacial score (nSPS) is 15.0. The summed E-state index contributed by atoms with van der Waals surface area (Å²) in [5, 5.41) is 0. The second-order valence-electron chi connectivity index (χ2n) is 4.73. The molecule has 0 aliphatic heterocycles. The average molecular weight is 256 g/mol. The van der Waals surface area contributed by atoms with Crippen molar-refractivity contribution in [1.29, 1.82) is 0 Å². The molecule has 0 bridgehead atoms. The summed E-state index contributed by atoms with van der Waals surface area (Å²) in [7, 11) is 0. The van der Waals surface area contributed by atoms with Crippen LogP contribution in [0.4, 0.5) is 10.1 Å². The van der Waals surface area contributed by atoms with Crippen LogP contribution >= 0.6 is 11.6 Å². The fourth-order valence-electron chi connectivity index (χ4n) is 2.11. The molecule has 0 radical (unpaired) electrons. The van der Waals surface area contributed by atoms with Gasteiger partial charge in [0.05, 0.1) is 0 Å². The smallest absolute Gasteiger partial charge is 0.125 e. The molecule has 0 heterocycles. The molecule has 0 aromatic heterocycles. The molecule has 0 amide bonds. The largest absolute Gasteiger partial charge is 0.368 e. The number of hydrogen-bond acceptors (Lipinski definition) is 1. The molecule has 1 aromatic rings. The van der Waals surface area contributed by atoms with Crippen molar-refractivity contribution < 1.29 is 4.39 Å². The van der Waals surface area contributed by atoms with Crippen LogP contribution in [0, 0.1) is 5.82 Å². The van der Waals surface area contributed by atoms with Gasteiger partial charge in [-0.15, -0.1) is 11.6 Å². The predicted molar refractivity (Wildman–Crippen MR) is 71.2 cm³/mol. The maximum absolute atomic E-state index is 13.5. The van der Waals surface area contributed by atoms with E-state index in [-0.39, 0.29) is 5.82 Å². The fourth-order valence-corrected chi connectivity index (χ4v) is 2.27. The molecular formula is C14H19ClFN. The maximum Gasteiger partial charge on any atom is 0.125 e. The number of nitrogens with zero attached hydrogens (tertiary/aromatic N) is 1. The number of benzene rings is 1. The summed E-state index contributed by atoms with van der Waals surface area (Å²) in [6.07, 6.45) is 4.79. The van der Waals surface area contributed by atoms with Gasteiger partial charge in [-0.3, -0.25) is 0 Å². The molecule has 1 aliphatic rings. The van der Waals surface area contributed by atoms with Crippen molar-refractivity contribution in [2.24, 2.45) is 0 Å². The highest BCUT2D eigenvalue weighted by molar-refractivity contribution is 6.17. The number of rotatable bonds is 6. The number of halogens is 2. The van der Waals surface area contributed by atoms with Crippen LogP contribution in [0.1, 0.15) is 38.2 Å². The first-order valence-electron chi connectivity index (χ1n) is 6.36. The van der Waals surface area contributed by atoms with Crippen molar-refractivity contribution in [3.8, 4) is 0 Å². The van der Waals surface area contributed by atoms with Gasteiger partial charge in [-0.05, 0) is 43.0 Å². The van der Waals surface area contributed by atoms with E-state index in [1.807, 2.05) is 6.07 Å². The van der Waals surface area contributed by atoms with Gasteiger partial charge in [0.25, 0.3) is 0 Å². The van der Waals surface area contributed by atoms with E-state index < -0.39 is 0 Å². The Labute approximate surface area is 108 Å². The first-order valence-corrected chi connectivity index (χ1v) is 6.90. The van der Waals surface area contributed by atoms with Crippen molar-refractivity contribution in [3.63, 3.8) is 0 Å². The monoisotopic (exact) mass is 255 g/mol. The van der Waals surface area contributed by atoms with Crippen LogP contribution in [0.3, 0.4) is 0 Å². The van der Waals surface area contributed by atoms with E-state index in [1.165, 1.54) is 25.3 Å². The maximum atomic E-state index is 13.5. The van der Waals surface area contributed by atoms with Gasteiger partial charge < -0.3 is 4.90 Å². The van der Waals surface area contributed by atoms with Crippen LogP contribution in [0.15, 0.2) is 18.2 Å². The van der Waals surface area contributed by atoms with Crippen LogP contribution in [0.5, 0.6) is 0 Å². The zero-order chi connectivity index (χ0) is 12.3. The van der Waals surface area contributed by atoms with Crippen LogP contribution < -0.4 is 4.90 Å². The lowest BCUT2D eigenvalue weighted by atomic mass is 10.2. The molecule has 17 heavy (non-hydrogen) atoms. The molecule has 0 saturated heterocycles. The molecule has 3 heteroatoms. The third-order valence-corrected chi connectivity index (χ3v) is 3.48. The van der Waals surface area contributed by atoms with Gasteiger partial charge in [0.1, 0.15) is 5.82 Å². The van der Waals surface area contributed by atoms with Crippen molar-refractivity contribution in [2.45, 2.75) is 44.5 Å². The Balaban J connectivity index is 2.18. The summed E-state index contributed by atoms with van der Waals surface area (Å²) >= 11 is 5.79. The highest BCUT2D eigenvalue weighted by Crippen LogP contribution is 2.33. The Hall–Kier alpha value is -0.760. The van der Waals surface area contributed by atoms with Crippen molar-refractivity contribution in [3.05, 3.63) is 29.6 Å². The second-order valence-corrected chi connectivity index (χ2v) is 5.00. The zero-order valence-electron chi connectivity index (χ0n) is 10.3. The average Bonchev–Trinajstić information content (AvgIpc) is 3.13. The second kappa shape index (κ2) is 5.72. The van der Waals surface area contributed by atoms with Crippen LogP contribution in [0.2, 0.25) is 0 Å². The van der Waals surface area contributed by atoms with Gasteiger partial charge in [0.15, 0.2) is 0 Å². The van der Waals surface area contributed by atoms with E-state index >= 15 is 0 Å². The minimum absolute atomic E-state index is 0.180. The highest BCUT2D eigenvalue weighted by Gasteiger charge is 2.29.